The van der Waals surface area contributed by atoms with Crippen LogP contribution in [0.4, 0.5) is 4.79 Å². The van der Waals surface area contributed by atoms with Gasteiger partial charge >= 0.3 is 12.0 Å². The molecule has 0 radical (unpaired) electrons. The van der Waals surface area contributed by atoms with E-state index >= 15 is 0 Å². The fraction of sp³-hybridized carbons (Fsp3) is 0.857. The van der Waals surface area contributed by atoms with Gasteiger partial charge in [0.25, 0.3) is 0 Å². The number of carboxylic acid groups (broad SMARTS) is 1. The number of likely N-dealkylation sites (tertiary alicyclic amines) is 1. The van der Waals surface area contributed by atoms with E-state index < -0.39 is 17.9 Å². The summed E-state index contributed by atoms with van der Waals surface area (Å²) in [7, 11) is 0. The van der Waals surface area contributed by atoms with Crippen molar-refractivity contribution in [3.8, 4) is 0 Å². The second-order valence-electron chi connectivity index (χ2n) is 5.62. The molecule has 0 aromatic carbocycles. The molecule has 0 spiro atoms. The van der Waals surface area contributed by atoms with Crippen LogP contribution in [0.3, 0.4) is 0 Å². The number of urea groups is 1. The number of rotatable bonds is 5. The number of hydrogen-bond acceptors (Lipinski definition) is 4. The van der Waals surface area contributed by atoms with Crippen LogP contribution in [-0.4, -0.2) is 67.1 Å². The molecule has 2 saturated heterocycles. The highest BCUT2D eigenvalue weighted by Gasteiger charge is 2.36. The van der Waals surface area contributed by atoms with Crippen LogP contribution in [-0.2, 0) is 14.3 Å². The SMILES string of the molecule is CCCOC1CCCN(C(=O)NC2COCC2C(=O)O)C1. The number of carboxylic acids is 1. The number of carbonyl (C=O) groups is 2. The van der Waals surface area contributed by atoms with Gasteiger partial charge in [-0.3, -0.25) is 4.79 Å². The van der Waals surface area contributed by atoms with Gasteiger partial charge in [-0.2, -0.15) is 0 Å². The number of nitrogens with zero attached hydrogens (tertiary/aromatic N) is 1. The summed E-state index contributed by atoms with van der Waals surface area (Å²) in [6.45, 7) is 4.42. The summed E-state index contributed by atoms with van der Waals surface area (Å²) in [5.74, 6) is -1.59. The van der Waals surface area contributed by atoms with Gasteiger partial charge < -0.3 is 24.8 Å². The van der Waals surface area contributed by atoms with Gasteiger partial charge in [0.1, 0.15) is 5.92 Å². The fourth-order valence-corrected chi connectivity index (χ4v) is 2.73. The minimum atomic E-state index is -0.930. The zero-order chi connectivity index (χ0) is 15.2. The Morgan fingerprint density at radius 2 is 2.24 bits per heavy atom. The summed E-state index contributed by atoms with van der Waals surface area (Å²) in [5.41, 5.74) is 0. The molecule has 3 atom stereocenters. The molecule has 2 aliphatic rings. The van der Waals surface area contributed by atoms with Crippen molar-refractivity contribution >= 4 is 12.0 Å². The summed E-state index contributed by atoms with van der Waals surface area (Å²) in [4.78, 5) is 25.0. The third-order valence-corrected chi connectivity index (χ3v) is 3.93. The van der Waals surface area contributed by atoms with Crippen molar-refractivity contribution in [1.29, 1.82) is 0 Å². The molecule has 0 aliphatic carbocycles. The van der Waals surface area contributed by atoms with E-state index in [1.165, 1.54) is 0 Å². The molecule has 0 saturated carbocycles. The molecule has 2 heterocycles. The number of ether oxygens (including phenoxy) is 2. The topological polar surface area (TPSA) is 88.1 Å². The predicted octanol–water partition coefficient (Wildman–Crippen LogP) is 0.687. The maximum absolute atomic E-state index is 12.3. The second kappa shape index (κ2) is 7.61. The van der Waals surface area contributed by atoms with E-state index in [1.807, 2.05) is 0 Å². The summed E-state index contributed by atoms with van der Waals surface area (Å²) in [6, 6.07) is -0.673. The van der Waals surface area contributed by atoms with Gasteiger partial charge in [0.05, 0.1) is 25.4 Å². The molecular formula is C14H24N2O5. The standard InChI is InChI=1S/C14H24N2O5/c1-2-6-21-10-4-3-5-16(7-10)14(19)15-12-9-20-8-11(12)13(17)18/h10-12H,2-9H2,1H3,(H,15,19)(H,17,18). The average molecular weight is 300 g/mol. The van der Waals surface area contributed by atoms with Crippen molar-refractivity contribution in [2.24, 2.45) is 5.92 Å². The van der Waals surface area contributed by atoms with Gasteiger partial charge in [-0.25, -0.2) is 4.79 Å². The predicted molar refractivity (Wildman–Crippen MR) is 75.1 cm³/mol. The summed E-state index contributed by atoms with van der Waals surface area (Å²) < 4.78 is 10.9. The molecule has 2 aliphatic heterocycles. The molecule has 3 unspecified atom stereocenters. The average Bonchev–Trinajstić information content (AvgIpc) is 2.93. The highest BCUT2D eigenvalue weighted by molar-refractivity contribution is 5.77. The van der Waals surface area contributed by atoms with Crippen LogP contribution in [0.5, 0.6) is 0 Å². The van der Waals surface area contributed by atoms with Crippen molar-refractivity contribution < 1.29 is 24.2 Å². The van der Waals surface area contributed by atoms with Gasteiger partial charge in [0, 0.05) is 19.7 Å². The Morgan fingerprint density at radius 3 is 2.95 bits per heavy atom. The number of piperidine rings is 1. The molecule has 0 aromatic heterocycles. The van der Waals surface area contributed by atoms with E-state index in [4.69, 9.17) is 14.6 Å². The zero-order valence-electron chi connectivity index (χ0n) is 12.4. The quantitative estimate of drug-likeness (QED) is 0.780. The lowest BCUT2D eigenvalue weighted by Gasteiger charge is -2.33. The molecule has 0 aromatic rings. The highest BCUT2D eigenvalue weighted by atomic mass is 16.5. The number of amides is 2. The van der Waals surface area contributed by atoms with Crippen molar-refractivity contribution in [3.63, 3.8) is 0 Å². The molecule has 2 fully saturated rings. The Balaban J connectivity index is 1.83. The van der Waals surface area contributed by atoms with Crippen LogP contribution in [0.25, 0.3) is 0 Å². The first-order valence-electron chi connectivity index (χ1n) is 7.59. The Labute approximate surface area is 124 Å². The summed E-state index contributed by atoms with van der Waals surface area (Å²) in [5, 5.41) is 11.9. The van der Waals surface area contributed by atoms with Gasteiger partial charge in [-0.1, -0.05) is 6.92 Å². The zero-order valence-corrected chi connectivity index (χ0v) is 12.4. The third kappa shape index (κ3) is 4.31. The lowest BCUT2D eigenvalue weighted by molar-refractivity contribution is -0.142. The van der Waals surface area contributed by atoms with E-state index in [0.717, 1.165) is 19.3 Å². The van der Waals surface area contributed by atoms with E-state index in [2.05, 4.69) is 12.2 Å². The normalized spacial score (nSPS) is 29.4. The van der Waals surface area contributed by atoms with Crippen LogP contribution >= 0.6 is 0 Å². The Bertz CT molecular complexity index is 376. The minimum absolute atomic E-state index is 0.0829. The molecule has 2 N–H and O–H groups in total. The lowest BCUT2D eigenvalue weighted by Crippen LogP contribution is -2.52. The van der Waals surface area contributed by atoms with Gasteiger partial charge in [0.15, 0.2) is 0 Å². The van der Waals surface area contributed by atoms with E-state index in [1.54, 1.807) is 4.90 Å². The van der Waals surface area contributed by atoms with Gasteiger partial charge in [-0.15, -0.1) is 0 Å². The van der Waals surface area contributed by atoms with Crippen molar-refractivity contribution in [1.82, 2.24) is 10.2 Å². The number of aliphatic carboxylic acids is 1. The van der Waals surface area contributed by atoms with Crippen molar-refractivity contribution in [3.05, 3.63) is 0 Å². The van der Waals surface area contributed by atoms with Crippen molar-refractivity contribution in [2.45, 2.75) is 38.3 Å². The van der Waals surface area contributed by atoms with Crippen LogP contribution in [0, 0.1) is 5.92 Å². The number of nitrogens with one attached hydrogen (secondary N) is 1. The molecular weight excluding hydrogens is 276 g/mol. The molecule has 7 heteroatoms. The Morgan fingerprint density at radius 1 is 1.43 bits per heavy atom. The largest absolute Gasteiger partial charge is 0.481 e. The van der Waals surface area contributed by atoms with E-state index in [9.17, 15) is 9.59 Å². The monoisotopic (exact) mass is 300 g/mol. The third-order valence-electron chi connectivity index (χ3n) is 3.93. The maximum Gasteiger partial charge on any atom is 0.317 e. The molecule has 0 bridgehead atoms. The Hall–Kier alpha value is -1.34. The molecule has 120 valence electrons. The van der Waals surface area contributed by atoms with Crippen LogP contribution in [0.15, 0.2) is 0 Å². The molecule has 2 rings (SSSR count). The summed E-state index contributed by atoms with van der Waals surface area (Å²) in [6.07, 6.45) is 2.92. The first-order chi connectivity index (χ1) is 10.1. The number of hydrogen-bond donors (Lipinski definition) is 2. The minimum Gasteiger partial charge on any atom is -0.481 e. The van der Waals surface area contributed by atoms with Crippen molar-refractivity contribution in [2.75, 3.05) is 32.9 Å². The molecule has 2 amide bonds. The highest BCUT2D eigenvalue weighted by Crippen LogP contribution is 2.17. The first-order valence-corrected chi connectivity index (χ1v) is 7.59. The Kier molecular flexibility index (Phi) is 5.81. The van der Waals surface area contributed by atoms with Crippen LogP contribution in [0.2, 0.25) is 0 Å². The van der Waals surface area contributed by atoms with Crippen LogP contribution < -0.4 is 5.32 Å². The molecule has 21 heavy (non-hydrogen) atoms. The van der Waals surface area contributed by atoms with E-state index in [-0.39, 0.29) is 25.3 Å². The first kappa shape index (κ1) is 16.0. The number of carbonyl (C=O) groups excluding carboxylic acids is 1. The van der Waals surface area contributed by atoms with Gasteiger partial charge in [0.2, 0.25) is 0 Å². The van der Waals surface area contributed by atoms with E-state index in [0.29, 0.717) is 19.7 Å². The lowest BCUT2D eigenvalue weighted by atomic mass is 10.0. The summed E-state index contributed by atoms with van der Waals surface area (Å²) >= 11 is 0. The maximum atomic E-state index is 12.3. The van der Waals surface area contributed by atoms with Gasteiger partial charge in [-0.05, 0) is 19.3 Å². The second-order valence-corrected chi connectivity index (χ2v) is 5.62. The smallest absolute Gasteiger partial charge is 0.317 e. The van der Waals surface area contributed by atoms with Crippen LogP contribution in [0.1, 0.15) is 26.2 Å². The molecule has 7 nitrogen and oxygen atoms in total. The fourth-order valence-electron chi connectivity index (χ4n) is 2.73.